The monoisotopic (exact) mass is 411 g/mol. The number of rotatable bonds is 7. The molecule has 1 aliphatic carbocycles. The molecule has 0 fully saturated rings. The number of nitrogens with one attached hydrogen (secondary N) is 1. The van der Waals surface area contributed by atoms with Crippen LogP contribution in [-0.2, 0) is 4.74 Å². The van der Waals surface area contributed by atoms with E-state index in [-0.39, 0.29) is 5.92 Å². The molecule has 4 rings (SSSR count). The Morgan fingerprint density at radius 3 is 2.32 bits per heavy atom. The first-order valence-corrected chi connectivity index (χ1v) is 10.5. The minimum atomic E-state index is -0.401. The minimum absolute atomic E-state index is 0.0651. The standard InChI is InChI=1S/C27H25NO3/c1-19-16-20(17-29)13-14-21(19)8-6-7-15-28-27(30)31-18-26-24-11-4-2-9-22(24)23-10-3-5-12-25(23)26/h2-6,8-14,16-17,26H,7,15,18H2,1H3,(H,28,30). The van der Waals surface area contributed by atoms with Crippen molar-refractivity contribution in [3.8, 4) is 11.1 Å². The van der Waals surface area contributed by atoms with Crippen molar-refractivity contribution in [2.24, 2.45) is 0 Å². The Labute approximate surface area is 182 Å². The molecule has 0 saturated heterocycles. The molecule has 1 aliphatic rings. The first-order valence-electron chi connectivity index (χ1n) is 10.5. The second kappa shape index (κ2) is 9.43. The Morgan fingerprint density at radius 2 is 1.68 bits per heavy atom. The second-order valence-corrected chi connectivity index (χ2v) is 7.68. The summed E-state index contributed by atoms with van der Waals surface area (Å²) in [6.07, 6.45) is 5.15. The summed E-state index contributed by atoms with van der Waals surface area (Å²) in [5.74, 6) is 0.0651. The summed E-state index contributed by atoms with van der Waals surface area (Å²) >= 11 is 0. The molecule has 3 aromatic carbocycles. The maximum Gasteiger partial charge on any atom is 0.407 e. The Balaban J connectivity index is 1.27. The molecule has 0 saturated carbocycles. The largest absolute Gasteiger partial charge is 0.449 e. The first kappa shape index (κ1) is 20.6. The molecule has 4 nitrogen and oxygen atoms in total. The zero-order valence-corrected chi connectivity index (χ0v) is 17.5. The highest BCUT2D eigenvalue weighted by Crippen LogP contribution is 2.44. The van der Waals surface area contributed by atoms with E-state index in [0.717, 1.165) is 17.4 Å². The highest BCUT2D eigenvalue weighted by atomic mass is 16.5. The molecular formula is C27H25NO3. The molecule has 0 aliphatic heterocycles. The predicted octanol–water partition coefficient (Wildman–Crippen LogP) is 5.75. The minimum Gasteiger partial charge on any atom is -0.449 e. The highest BCUT2D eigenvalue weighted by Gasteiger charge is 2.28. The molecule has 0 radical (unpaired) electrons. The van der Waals surface area contributed by atoms with Crippen LogP contribution in [0.5, 0.6) is 0 Å². The van der Waals surface area contributed by atoms with Gasteiger partial charge in [0.15, 0.2) is 0 Å². The molecule has 1 amide bonds. The van der Waals surface area contributed by atoms with Crippen LogP contribution in [0, 0.1) is 6.92 Å². The van der Waals surface area contributed by atoms with Crippen LogP contribution in [0.1, 0.15) is 45.0 Å². The smallest absolute Gasteiger partial charge is 0.407 e. The van der Waals surface area contributed by atoms with Crippen LogP contribution in [0.25, 0.3) is 17.2 Å². The van der Waals surface area contributed by atoms with Gasteiger partial charge in [0.05, 0.1) is 0 Å². The van der Waals surface area contributed by atoms with Crippen molar-refractivity contribution in [1.82, 2.24) is 5.32 Å². The van der Waals surface area contributed by atoms with E-state index >= 15 is 0 Å². The van der Waals surface area contributed by atoms with Crippen molar-refractivity contribution in [2.75, 3.05) is 13.2 Å². The van der Waals surface area contributed by atoms with Gasteiger partial charge in [0.2, 0.25) is 0 Å². The maximum atomic E-state index is 12.2. The fourth-order valence-corrected chi connectivity index (χ4v) is 4.08. The van der Waals surface area contributed by atoms with Crippen LogP contribution in [0.3, 0.4) is 0 Å². The predicted molar refractivity (Wildman–Crippen MR) is 123 cm³/mol. The Morgan fingerprint density at radius 1 is 1.00 bits per heavy atom. The second-order valence-electron chi connectivity index (χ2n) is 7.68. The molecule has 0 atom stereocenters. The van der Waals surface area contributed by atoms with Crippen molar-refractivity contribution in [1.29, 1.82) is 0 Å². The number of fused-ring (bicyclic) bond motifs is 3. The molecule has 156 valence electrons. The first-order chi connectivity index (χ1) is 15.2. The summed E-state index contributed by atoms with van der Waals surface area (Å²) < 4.78 is 5.54. The molecule has 4 heteroatoms. The lowest BCUT2D eigenvalue weighted by Crippen LogP contribution is -2.26. The quantitative estimate of drug-likeness (QED) is 0.398. The van der Waals surface area contributed by atoms with Gasteiger partial charge in [-0.3, -0.25) is 4.79 Å². The van der Waals surface area contributed by atoms with Crippen molar-refractivity contribution in [3.05, 3.63) is 101 Å². The van der Waals surface area contributed by atoms with E-state index in [0.29, 0.717) is 25.1 Å². The number of carbonyl (C=O) groups is 2. The van der Waals surface area contributed by atoms with Gasteiger partial charge >= 0.3 is 6.09 Å². The van der Waals surface area contributed by atoms with Crippen LogP contribution in [-0.4, -0.2) is 25.5 Å². The topological polar surface area (TPSA) is 55.4 Å². The number of ether oxygens (including phenoxy) is 1. The number of benzene rings is 3. The third kappa shape index (κ3) is 4.58. The van der Waals surface area contributed by atoms with Crippen LogP contribution >= 0.6 is 0 Å². The lowest BCUT2D eigenvalue weighted by atomic mass is 9.98. The Hall–Kier alpha value is -3.66. The fourth-order valence-electron chi connectivity index (χ4n) is 4.08. The number of alkyl carbamates (subject to hydrolysis) is 1. The van der Waals surface area contributed by atoms with Gasteiger partial charge in [0, 0.05) is 18.0 Å². The summed E-state index contributed by atoms with van der Waals surface area (Å²) in [4.78, 5) is 23.0. The molecule has 31 heavy (non-hydrogen) atoms. The molecule has 0 heterocycles. The number of aldehydes is 1. The molecule has 0 bridgehead atoms. The zero-order chi connectivity index (χ0) is 21.6. The molecule has 0 unspecified atom stereocenters. The van der Waals surface area contributed by atoms with Crippen molar-refractivity contribution >= 4 is 18.5 Å². The normalized spacial score (nSPS) is 12.4. The van der Waals surface area contributed by atoms with Crippen LogP contribution in [0.4, 0.5) is 4.79 Å². The van der Waals surface area contributed by atoms with E-state index in [1.54, 1.807) is 6.07 Å². The van der Waals surface area contributed by atoms with Gasteiger partial charge in [-0.05, 0) is 52.8 Å². The van der Waals surface area contributed by atoms with E-state index in [1.807, 2.05) is 55.5 Å². The third-order valence-corrected chi connectivity index (χ3v) is 5.65. The number of hydrogen-bond donors (Lipinski definition) is 1. The average molecular weight is 412 g/mol. The number of amides is 1. The van der Waals surface area contributed by atoms with Gasteiger partial charge in [-0.25, -0.2) is 4.79 Å². The van der Waals surface area contributed by atoms with Gasteiger partial charge in [-0.1, -0.05) is 72.8 Å². The van der Waals surface area contributed by atoms with Gasteiger partial charge in [0.1, 0.15) is 12.9 Å². The van der Waals surface area contributed by atoms with Crippen molar-refractivity contribution in [2.45, 2.75) is 19.3 Å². The Kier molecular flexibility index (Phi) is 6.27. The molecule has 0 aromatic heterocycles. The van der Waals surface area contributed by atoms with Gasteiger partial charge in [-0.15, -0.1) is 0 Å². The van der Waals surface area contributed by atoms with Crippen molar-refractivity contribution < 1.29 is 14.3 Å². The van der Waals surface area contributed by atoms with E-state index in [2.05, 4.69) is 29.6 Å². The molecular weight excluding hydrogens is 386 g/mol. The van der Waals surface area contributed by atoms with E-state index in [4.69, 9.17) is 4.74 Å². The number of aryl methyl sites for hydroxylation is 1. The summed E-state index contributed by atoms with van der Waals surface area (Å²) in [6.45, 7) is 2.79. The number of carbonyl (C=O) groups excluding carboxylic acids is 2. The maximum absolute atomic E-state index is 12.2. The van der Waals surface area contributed by atoms with E-state index in [9.17, 15) is 9.59 Å². The van der Waals surface area contributed by atoms with Gasteiger partial charge in [-0.2, -0.15) is 0 Å². The highest BCUT2D eigenvalue weighted by molar-refractivity contribution is 5.79. The van der Waals surface area contributed by atoms with Crippen LogP contribution in [0.2, 0.25) is 0 Å². The summed E-state index contributed by atoms with van der Waals surface area (Å²) in [6, 6.07) is 22.2. The molecule has 3 aromatic rings. The summed E-state index contributed by atoms with van der Waals surface area (Å²) in [5, 5.41) is 2.81. The lowest BCUT2D eigenvalue weighted by molar-refractivity contribution is 0.112. The van der Waals surface area contributed by atoms with Crippen molar-refractivity contribution in [3.63, 3.8) is 0 Å². The third-order valence-electron chi connectivity index (χ3n) is 5.65. The van der Waals surface area contributed by atoms with Gasteiger partial charge in [0.25, 0.3) is 0 Å². The lowest BCUT2D eigenvalue weighted by Gasteiger charge is -2.14. The summed E-state index contributed by atoms with van der Waals surface area (Å²) in [5.41, 5.74) is 7.62. The van der Waals surface area contributed by atoms with Gasteiger partial charge < -0.3 is 10.1 Å². The SMILES string of the molecule is Cc1cc(C=O)ccc1C=CCCNC(=O)OCC1c2ccccc2-c2ccccc21. The molecule has 0 spiro atoms. The molecule has 1 N–H and O–H groups in total. The summed E-state index contributed by atoms with van der Waals surface area (Å²) in [7, 11) is 0. The average Bonchev–Trinajstić information content (AvgIpc) is 3.12. The fraction of sp³-hybridized carbons (Fsp3) is 0.185. The Bertz CT molecular complexity index is 1090. The van der Waals surface area contributed by atoms with Crippen LogP contribution in [0.15, 0.2) is 72.8 Å². The number of hydrogen-bond acceptors (Lipinski definition) is 3. The van der Waals surface area contributed by atoms with E-state index < -0.39 is 6.09 Å². The van der Waals surface area contributed by atoms with Crippen LogP contribution < -0.4 is 5.32 Å². The zero-order valence-electron chi connectivity index (χ0n) is 17.5. The van der Waals surface area contributed by atoms with E-state index in [1.165, 1.54) is 22.3 Å².